The molecule has 0 amide bonds. The molecular formula is C19H27N3O2. The molecule has 130 valence electrons. The van der Waals surface area contributed by atoms with Crippen LogP contribution in [0.15, 0.2) is 29.3 Å². The molecule has 1 aliphatic rings. The van der Waals surface area contributed by atoms with E-state index in [1.165, 1.54) is 5.56 Å². The van der Waals surface area contributed by atoms with Crippen molar-refractivity contribution in [3.05, 3.63) is 29.8 Å². The lowest BCUT2D eigenvalue weighted by Crippen LogP contribution is -2.42. The van der Waals surface area contributed by atoms with Gasteiger partial charge in [0.15, 0.2) is 5.96 Å². The average Bonchev–Trinajstić information content (AvgIpc) is 3.10. The molecule has 1 saturated heterocycles. The van der Waals surface area contributed by atoms with Crippen LogP contribution in [0.25, 0.3) is 0 Å². The van der Waals surface area contributed by atoms with Crippen LogP contribution in [0.1, 0.15) is 12.0 Å². The standard InChI is InChI=1S/C19H27N3O2/c1-4-12-24-18-7-5-16(6-8-18)9-11-21-19(20-2)22(3)14-17-10-13-23-15-17/h1,5-8,17H,9-15H2,2-3H3,(H,20,21). The molecule has 1 aromatic carbocycles. The fraction of sp³-hybridized carbons (Fsp3) is 0.526. The molecule has 1 N–H and O–H groups in total. The Morgan fingerprint density at radius 3 is 2.88 bits per heavy atom. The summed E-state index contributed by atoms with van der Waals surface area (Å²) < 4.78 is 10.8. The first-order valence-electron chi connectivity index (χ1n) is 8.37. The van der Waals surface area contributed by atoms with Gasteiger partial charge in [0, 0.05) is 39.7 Å². The summed E-state index contributed by atoms with van der Waals surface area (Å²) in [4.78, 5) is 6.54. The normalized spacial score (nSPS) is 17.4. The summed E-state index contributed by atoms with van der Waals surface area (Å²) in [5, 5.41) is 3.42. The summed E-state index contributed by atoms with van der Waals surface area (Å²) in [6.07, 6.45) is 7.24. The zero-order chi connectivity index (χ0) is 17.2. The Balaban J connectivity index is 1.73. The van der Waals surface area contributed by atoms with Gasteiger partial charge >= 0.3 is 0 Å². The number of guanidine groups is 1. The highest BCUT2D eigenvalue weighted by Gasteiger charge is 2.18. The second kappa shape index (κ2) is 9.84. The first-order chi connectivity index (χ1) is 11.7. The molecule has 0 radical (unpaired) electrons. The van der Waals surface area contributed by atoms with Crippen LogP contribution in [0, 0.1) is 18.3 Å². The number of nitrogens with zero attached hydrogens (tertiary/aromatic N) is 2. The molecule has 2 rings (SSSR count). The predicted octanol–water partition coefficient (Wildman–Crippen LogP) is 1.78. The molecule has 1 unspecified atom stereocenters. The van der Waals surface area contributed by atoms with E-state index in [0.29, 0.717) is 12.5 Å². The maximum atomic E-state index is 5.44. The largest absolute Gasteiger partial charge is 0.481 e. The van der Waals surface area contributed by atoms with Crippen molar-refractivity contribution in [3.8, 4) is 18.1 Å². The van der Waals surface area contributed by atoms with Crippen molar-refractivity contribution in [2.45, 2.75) is 12.8 Å². The monoisotopic (exact) mass is 329 g/mol. The quantitative estimate of drug-likeness (QED) is 0.471. The Morgan fingerprint density at radius 1 is 1.46 bits per heavy atom. The van der Waals surface area contributed by atoms with E-state index >= 15 is 0 Å². The minimum Gasteiger partial charge on any atom is -0.481 e. The number of benzene rings is 1. The zero-order valence-corrected chi connectivity index (χ0v) is 14.6. The Kier molecular flexibility index (Phi) is 7.44. The molecule has 0 spiro atoms. The maximum Gasteiger partial charge on any atom is 0.193 e. The van der Waals surface area contributed by atoms with E-state index in [9.17, 15) is 0 Å². The van der Waals surface area contributed by atoms with Gasteiger partial charge in [-0.3, -0.25) is 4.99 Å². The van der Waals surface area contributed by atoms with Gasteiger partial charge in [-0.05, 0) is 30.5 Å². The van der Waals surface area contributed by atoms with Crippen LogP contribution < -0.4 is 10.1 Å². The van der Waals surface area contributed by atoms with E-state index in [-0.39, 0.29) is 0 Å². The van der Waals surface area contributed by atoms with Gasteiger partial charge in [-0.1, -0.05) is 18.1 Å². The summed E-state index contributed by atoms with van der Waals surface area (Å²) in [7, 11) is 3.90. The van der Waals surface area contributed by atoms with Gasteiger partial charge < -0.3 is 19.7 Å². The summed E-state index contributed by atoms with van der Waals surface area (Å²) >= 11 is 0. The van der Waals surface area contributed by atoms with Crippen LogP contribution in [0.2, 0.25) is 0 Å². The van der Waals surface area contributed by atoms with Crippen molar-refractivity contribution in [2.75, 3.05) is 47.0 Å². The highest BCUT2D eigenvalue weighted by atomic mass is 16.5. The van der Waals surface area contributed by atoms with Crippen LogP contribution in [-0.4, -0.2) is 57.9 Å². The van der Waals surface area contributed by atoms with Crippen molar-refractivity contribution >= 4 is 5.96 Å². The maximum absolute atomic E-state index is 5.44. The second-order valence-electron chi connectivity index (χ2n) is 5.97. The number of nitrogens with one attached hydrogen (secondary N) is 1. The summed E-state index contributed by atoms with van der Waals surface area (Å²) in [6.45, 7) is 3.85. The Bertz CT molecular complexity index is 557. The van der Waals surface area contributed by atoms with E-state index in [1.54, 1.807) is 0 Å². The highest BCUT2D eigenvalue weighted by Crippen LogP contribution is 2.14. The Hall–Kier alpha value is -2.19. The number of rotatable bonds is 7. The van der Waals surface area contributed by atoms with Gasteiger partial charge in [-0.25, -0.2) is 0 Å². The van der Waals surface area contributed by atoms with Crippen LogP contribution >= 0.6 is 0 Å². The van der Waals surface area contributed by atoms with Crippen molar-refractivity contribution in [1.29, 1.82) is 0 Å². The lowest BCUT2D eigenvalue weighted by molar-refractivity contribution is 0.181. The summed E-state index contributed by atoms with van der Waals surface area (Å²) in [6, 6.07) is 8.03. The molecule has 1 heterocycles. The third-order valence-corrected chi connectivity index (χ3v) is 4.07. The molecule has 0 aromatic heterocycles. The number of ether oxygens (including phenoxy) is 2. The fourth-order valence-corrected chi connectivity index (χ4v) is 2.78. The molecular weight excluding hydrogens is 302 g/mol. The van der Waals surface area contributed by atoms with E-state index < -0.39 is 0 Å². The zero-order valence-electron chi connectivity index (χ0n) is 14.6. The van der Waals surface area contributed by atoms with Crippen molar-refractivity contribution in [3.63, 3.8) is 0 Å². The fourth-order valence-electron chi connectivity index (χ4n) is 2.78. The number of aliphatic imine (C=N–C) groups is 1. The minimum absolute atomic E-state index is 0.301. The van der Waals surface area contributed by atoms with Gasteiger partial charge in [0.25, 0.3) is 0 Å². The molecule has 24 heavy (non-hydrogen) atoms. The molecule has 1 aliphatic heterocycles. The summed E-state index contributed by atoms with van der Waals surface area (Å²) in [5.41, 5.74) is 1.25. The average molecular weight is 329 g/mol. The Morgan fingerprint density at radius 2 is 2.25 bits per heavy atom. The molecule has 1 fully saturated rings. The molecule has 5 nitrogen and oxygen atoms in total. The SMILES string of the molecule is C#CCOc1ccc(CCNC(=NC)N(C)CC2CCOC2)cc1. The Labute approximate surface area is 145 Å². The lowest BCUT2D eigenvalue weighted by atomic mass is 10.1. The molecule has 1 atom stereocenters. The van der Waals surface area contributed by atoms with Crippen molar-refractivity contribution in [2.24, 2.45) is 10.9 Å². The molecule has 0 aliphatic carbocycles. The molecule has 0 bridgehead atoms. The summed E-state index contributed by atoms with van der Waals surface area (Å²) in [5.74, 6) is 4.79. The number of hydrogen-bond donors (Lipinski definition) is 1. The first kappa shape index (κ1) is 18.2. The van der Waals surface area contributed by atoms with Crippen LogP contribution in [0.3, 0.4) is 0 Å². The molecule has 0 saturated carbocycles. The van der Waals surface area contributed by atoms with Gasteiger partial charge in [0.05, 0.1) is 6.61 Å². The lowest BCUT2D eigenvalue weighted by Gasteiger charge is -2.24. The van der Waals surface area contributed by atoms with E-state index in [4.69, 9.17) is 15.9 Å². The smallest absolute Gasteiger partial charge is 0.193 e. The van der Waals surface area contributed by atoms with E-state index in [1.807, 2.05) is 19.2 Å². The van der Waals surface area contributed by atoms with Gasteiger partial charge in [-0.15, -0.1) is 6.42 Å². The number of hydrogen-bond acceptors (Lipinski definition) is 3. The topological polar surface area (TPSA) is 46.1 Å². The van der Waals surface area contributed by atoms with Gasteiger partial charge in [-0.2, -0.15) is 0 Å². The van der Waals surface area contributed by atoms with Crippen LogP contribution in [-0.2, 0) is 11.2 Å². The molecule has 1 aromatic rings. The third-order valence-electron chi connectivity index (χ3n) is 4.07. The van der Waals surface area contributed by atoms with Crippen LogP contribution in [0.5, 0.6) is 5.75 Å². The van der Waals surface area contributed by atoms with Crippen LogP contribution in [0.4, 0.5) is 0 Å². The van der Waals surface area contributed by atoms with E-state index in [2.05, 4.69) is 40.3 Å². The minimum atomic E-state index is 0.301. The van der Waals surface area contributed by atoms with E-state index in [0.717, 1.165) is 50.9 Å². The van der Waals surface area contributed by atoms with Crippen molar-refractivity contribution < 1.29 is 9.47 Å². The second-order valence-corrected chi connectivity index (χ2v) is 5.97. The van der Waals surface area contributed by atoms with Crippen molar-refractivity contribution in [1.82, 2.24) is 10.2 Å². The predicted molar refractivity (Wildman–Crippen MR) is 97.4 cm³/mol. The number of terminal acetylenes is 1. The highest BCUT2D eigenvalue weighted by molar-refractivity contribution is 5.79. The third kappa shape index (κ3) is 5.78. The first-order valence-corrected chi connectivity index (χ1v) is 8.37. The molecule has 5 heteroatoms. The van der Waals surface area contributed by atoms with Gasteiger partial charge in [0.2, 0.25) is 0 Å². The van der Waals surface area contributed by atoms with Gasteiger partial charge in [0.1, 0.15) is 12.4 Å².